The average molecular weight is 207 g/mol. The number of aromatic nitrogens is 2. The minimum Gasteiger partial charge on any atom is -0.493 e. The molecule has 1 aromatic carbocycles. The molecule has 80 valence electrons. The van der Waals surface area contributed by atoms with E-state index in [0.717, 1.165) is 17.0 Å². The number of anilines is 1. The minimum absolute atomic E-state index is 0.680. The Bertz CT molecular complexity index is 438. The third-order valence-corrected chi connectivity index (χ3v) is 2.22. The zero-order valence-corrected chi connectivity index (χ0v) is 8.92. The normalized spacial score (nSPS) is 10.3. The van der Waals surface area contributed by atoms with Crippen LogP contribution in [0.3, 0.4) is 0 Å². The van der Waals surface area contributed by atoms with Crippen molar-refractivity contribution in [3.05, 3.63) is 12.1 Å². The summed E-state index contributed by atoms with van der Waals surface area (Å²) in [4.78, 5) is 7.43. The van der Waals surface area contributed by atoms with E-state index in [1.807, 2.05) is 19.2 Å². The Labute approximate surface area is 87.4 Å². The predicted molar refractivity (Wildman–Crippen MR) is 58.7 cm³/mol. The van der Waals surface area contributed by atoms with Crippen molar-refractivity contribution in [1.82, 2.24) is 9.97 Å². The van der Waals surface area contributed by atoms with Gasteiger partial charge in [0.15, 0.2) is 11.5 Å². The van der Waals surface area contributed by atoms with Gasteiger partial charge in [0.25, 0.3) is 0 Å². The monoisotopic (exact) mass is 207 g/mol. The van der Waals surface area contributed by atoms with Gasteiger partial charge in [0.2, 0.25) is 5.95 Å². The van der Waals surface area contributed by atoms with Gasteiger partial charge >= 0.3 is 0 Å². The zero-order chi connectivity index (χ0) is 10.8. The van der Waals surface area contributed by atoms with Crippen molar-refractivity contribution in [1.29, 1.82) is 0 Å². The van der Waals surface area contributed by atoms with E-state index < -0.39 is 0 Å². The number of rotatable bonds is 3. The van der Waals surface area contributed by atoms with Crippen LogP contribution in [0.4, 0.5) is 5.95 Å². The molecule has 0 bridgehead atoms. The molecule has 5 nitrogen and oxygen atoms in total. The summed E-state index contributed by atoms with van der Waals surface area (Å²) < 4.78 is 10.4. The highest BCUT2D eigenvalue weighted by molar-refractivity contribution is 5.81. The van der Waals surface area contributed by atoms with Gasteiger partial charge in [-0.15, -0.1) is 0 Å². The van der Waals surface area contributed by atoms with Crippen LogP contribution in [-0.2, 0) is 0 Å². The van der Waals surface area contributed by atoms with Crippen molar-refractivity contribution in [3.8, 4) is 11.5 Å². The lowest BCUT2D eigenvalue weighted by Gasteiger charge is -2.06. The number of imidazole rings is 1. The van der Waals surface area contributed by atoms with Gasteiger partial charge < -0.3 is 19.8 Å². The fourth-order valence-corrected chi connectivity index (χ4v) is 1.46. The van der Waals surface area contributed by atoms with Crippen LogP contribution in [0.2, 0.25) is 0 Å². The molecule has 0 saturated carbocycles. The summed E-state index contributed by atoms with van der Waals surface area (Å²) in [5.41, 5.74) is 1.76. The molecular formula is C10H13N3O2. The number of nitrogens with zero attached hydrogens (tertiary/aromatic N) is 1. The molecule has 1 heterocycles. The van der Waals surface area contributed by atoms with E-state index in [0.29, 0.717) is 11.5 Å². The summed E-state index contributed by atoms with van der Waals surface area (Å²) in [5.74, 6) is 2.09. The largest absolute Gasteiger partial charge is 0.493 e. The molecule has 0 aliphatic carbocycles. The summed E-state index contributed by atoms with van der Waals surface area (Å²) >= 11 is 0. The summed E-state index contributed by atoms with van der Waals surface area (Å²) in [7, 11) is 5.03. The number of methoxy groups -OCH3 is 2. The third kappa shape index (κ3) is 1.56. The molecule has 0 aliphatic rings. The fourth-order valence-electron chi connectivity index (χ4n) is 1.46. The maximum Gasteiger partial charge on any atom is 0.200 e. The van der Waals surface area contributed by atoms with E-state index in [9.17, 15) is 0 Å². The molecule has 0 aliphatic heterocycles. The lowest BCUT2D eigenvalue weighted by Crippen LogP contribution is -1.89. The highest BCUT2D eigenvalue weighted by Crippen LogP contribution is 2.31. The summed E-state index contributed by atoms with van der Waals surface area (Å²) in [6, 6.07) is 3.70. The van der Waals surface area contributed by atoms with Gasteiger partial charge in [0.1, 0.15) is 0 Å². The number of benzene rings is 1. The number of ether oxygens (including phenoxy) is 2. The number of H-pyrrole nitrogens is 1. The summed E-state index contributed by atoms with van der Waals surface area (Å²) in [6.07, 6.45) is 0. The SMILES string of the molecule is CNc1nc2cc(OC)c(OC)cc2[nH]1. The van der Waals surface area contributed by atoms with Gasteiger partial charge in [-0.3, -0.25) is 0 Å². The van der Waals surface area contributed by atoms with Crippen LogP contribution in [0, 0.1) is 0 Å². The van der Waals surface area contributed by atoms with Crippen LogP contribution in [0.5, 0.6) is 11.5 Å². The van der Waals surface area contributed by atoms with E-state index in [-0.39, 0.29) is 0 Å². The highest BCUT2D eigenvalue weighted by atomic mass is 16.5. The molecule has 0 saturated heterocycles. The van der Waals surface area contributed by atoms with Crippen molar-refractivity contribution in [2.75, 3.05) is 26.6 Å². The van der Waals surface area contributed by atoms with E-state index in [1.165, 1.54) is 0 Å². The Kier molecular flexibility index (Phi) is 2.37. The Balaban J connectivity index is 2.61. The second-order valence-corrected chi connectivity index (χ2v) is 3.06. The topological polar surface area (TPSA) is 59.2 Å². The fraction of sp³-hybridized carbons (Fsp3) is 0.300. The molecule has 5 heteroatoms. The maximum atomic E-state index is 5.19. The smallest absolute Gasteiger partial charge is 0.200 e. The molecule has 15 heavy (non-hydrogen) atoms. The van der Waals surface area contributed by atoms with Crippen molar-refractivity contribution in [2.45, 2.75) is 0 Å². The van der Waals surface area contributed by atoms with Crippen LogP contribution in [0.25, 0.3) is 11.0 Å². The Hall–Kier alpha value is -1.91. The molecule has 2 rings (SSSR count). The van der Waals surface area contributed by atoms with Crippen molar-refractivity contribution in [2.24, 2.45) is 0 Å². The first kappa shape index (κ1) is 9.64. The number of nitrogens with one attached hydrogen (secondary N) is 2. The molecule has 1 aromatic heterocycles. The first-order valence-corrected chi connectivity index (χ1v) is 4.58. The second kappa shape index (κ2) is 3.68. The molecule has 0 fully saturated rings. The van der Waals surface area contributed by atoms with E-state index >= 15 is 0 Å². The molecule has 0 radical (unpaired) electrons. The minimum atomic E-state index is 0.680. The third-order valence-electron chi connectivity index (χ3n) is 2.22. The van der Waals surface area contributed by atoms with E-state index in [4.69, 9.17) is 9.47 Å². The quantitative estimate of drug-likeness (QED) is 0.803. The Morgan fingerprint density at radius 3 is 2.47 bits per heavy atom. The van der Waals surface area contributed by atoms with Crippen molar-refractivity contribution in [3.63, 3.8) is 0 Å². The van der Waals surface area contributed by atoms with Gasteiger partial charge in [-0.25, -0.2) is 4.98 Å². The second-order valence-electron chi connectivity index (χ2n) is 3.06. The molecule has 0 spiro atoms. The van der Waals surface area contributed by atoms with Crippen molar-refractivity contribution < 1.29 is 9.47 Å². The van der Waals surface area contributed by atoms with Gasteiger partial charge in [-0.1, -0.05) is 0 Å². The van der Waals surface area contributed by atoms with Crippen LogP contribution in [0.15, 0.2) is 12.1 Å². The average Bonchev–Trinajstić information content (AvgIpc) is 2.68. The first-order valence-electron chi connectivity index (χ1n) is 4.58. The summed E-state index contributed by atoms with van der Waals surface area (Å²) in [6.45, 7) is 0. The van der Waals surface area contributed by atoms with Gasteiger partial charge in [0.05, 0.1) is 25.3 Å². The predicted octanol–water partition coefficient (Wildman–Crippen LogP) is 1.62. The molecule has 0 amide bonds. The van der Waals surface area contributed by atoms with Crippen LogP contribution >= 0.6 is 0 Å². The molecular weight excluding hydrogens is 194 g/mol. The number of hydrogen-bond acceptors (Lipinski definition) is 4. The number of hydrogen-bond donors (Lipinski definition) is 2. The van der Waals surface area contributed by atoms with Crippen molar-refractivity contribution >= 4 is 17.0 Å². The zero-order valence-electron chi connectivity index (χ0n) is 8.92. The molecule has 2 N–H and O–H groups in total. The van der Waals surface area contributed by atoms with Gasteiger partial charge in [-0.2, -0.15) is 0 Å². The Morgan fingerprint density at radius 2 is 1.87 bits per heavy atom. The van der Waals surface area contributed by atoms with E-state index in [2.05, 4.69) is 15.3 Å². The van der Waals surface area contributed by atoms with Crippen LogP contribution in [-0.4, -0.2) is 31.2 Å². The first-order chi connectivity index (χ1) is 7.28. The van der Waals surface area contributed by atoms with Gasteiger partial charge in [0, 0.05) is 19.2 Å². The lowest BCUT2D eigenvalue weighted by molar-refractivity contribution is 0.356. The van der Waals surface area contributed by atoms with Crippen LogP contribution < -0.4 is 14.8 Å². The number of fused-ring (bicyclic) bond motifs is 1. The standard InChI is InChI=1S/C10H13N3O2/c1-11-10-12-6-4-8(14-2)9(15-3)5-7(6)13-10/h4-5H,1-3H3,(H2,11,12,13). The highest BCUT2D eigenvalue weighted by Gasteiger charge is 2.08. The van der Waals surface area contributed by atoms with Gasteiger partial charge in [-0.05, 0) is 0 Å². The molecule has 0 unspecified atom stereocenters. The maximum absolute atomic E-state index is 5.19. The molecule has 2 aromatic rings. The lowest BCUT2D eigenvalue weighted by atomic mass is 10.3. The van der Waals surface area contributed by atoms with E-state index in [1.54, 1.807) is 14.2 Å². The number of aromatic amines is 1. The van der Waals surface area contributed by atoms with Crippen LogP contribution in [0.1, 0.15) is 0 Å². The summed E-state index contributed by atoms with van der Waals surface area (Å²) in [5, 5.41) is 2.94. The Morgan fingerprint density at radius 1 is 1.20 bits per heavy atom. The molecule has 0 atom stereocenters.